The zero-order chi connectivity index (χ0) is 19.5. The van der Waals surface area contributed by atoms with E-state index in [4.69, 9.17) is 27.9 Å². The molecule has 1 aromatic carbocycles. The second-order valence-electron chi connectivity index (χ2n) is 7.71. The quantitative estimate of drug-likeness (QED) is 0.744. The van der Waals surface area contributed by atoms with Crippen molar-refractivity contribution < 1.29 is 14.3 Å². The van der Waals surface area contributed by atoms with E-state index in [0.29, 0.717) is 29.7 Å². The second-order valence-corrected chi connectivity index (χ2v) is 8.52. The van der Waals surface area contributed by atoms with E-state index in [2.05, 4.69) is 0 Å². The Kier molecular flexibility index (Phi) is 6.80. The first-order chi connectivity index (χ1) is 12.1. The number of carbonyl (C=O) groups excluding carboxylic acids is 2. The predicted octanol–water partition coefficient (Wildman–Crippen LogP) is 4.60. The lowest BCUT2D eigenvalue weighted by molar-refractivity contribution is -0.136. The van der Waals surface area contributed by atoms with Crippen LogP contribution in [-0.2, 0) is 16.1 Å². The first-order valence-corrected chi connectivity index (χ1v) is 9.49. The van der Waals surface area contributed by atoms with Crippen LogP contribution in [0.15, 0.2) is 18.2 Å². The highest BCUT2D eigenvalue weighted by atomic mass is 35.5. The Morgan fingerprint density at radius 1 is 1.27 bits per heavy atom. The number of ether oxygens (including phenoxy) is 1. The number of nitrogens with zero attached hydrogens (tertiary/aromatic N) is 2. The summed E-state index contributed by atoms with van der Waals surface area (Å²) in [5.74, 6) is -0.201. The smallest absolute Gasteiger partial charge is 0.410 e. The van der Waals surface area contributed by atoms with Gasteiger partial charge in [0.25, 0.3) is 0 Å². The average Bonchev–Trinajstić information content (AvgIpc) is 2.56. The molecule has 1 fully saturated rings. The number of rotatable bonds is 3. The molecule has 7 heteroatoms. The van der Waals surface area contributed by atoms with Crippen molar-refractivity contribution in [2.45, 2.75) is 45.8 Å². The number of hydrogen-bond donors (Lipinski definition) is 0. The summed E-state index contributed by atoms with van der Waals surface area (Å²) in [5.41, 5.74) is 0.369. The highest BCUT2D eigenvalue weighted by molar-refractivity contribution is 6.42. The summed E-state index contributed by atoms with van der Waals surface area (Å²) in [6.07, 6.45) is 1.20. The number of piperidine rings is 1. The number of benzene rings is 1. The zero-order valence-corrected chi connectivity index (χ0v) is 17.2. The number of hydrogen-bond acceptors (Lipinski definition) is 3. The maximum absolute atomic E-state index is 12.8. The Balaban J connectivity index is 1.97. The van der Waals surface area contributed by atoms with Gasteiger partial charge in [-0.15, -0.1) is 0 Å². The largest absolute Gasteiger partial charge is 0.444 e. The monoisotopic (exact) mass is 400 g/mol. The molecule has 0 spiro atoms. The maximum Gasteiger partial charge on any atom is 0.410 e. The summed E-state index contributed by atoms with van der Waals surface area (Å²) < 4.78 is 5.42. The minimum absolute atomic E-state index is 0.0179. The molecule has 26 heavy (non-hydrogen) atoms. The van der Waals surface area contributed by atoms with Gasteiger partial charge in [-0.25, -0.2) is 4.79 Å². The molecular formula is C19H26Cl2N2O3. The van der Waals surface area contributed by atoms with Gasteiger partial charge >= 0.3 is 6.09 Å². The molecule has 1 aliphatic heterocycles. The van der Waals surface area contributed by atoms with Crippen LogP contribution in [0.3, 0.4) is 0 Å². The van der Waals surface area contributed by atoms with E-state index in [0.717, 1.165) is 18.4 Å². The first kappa shape index (κ1) is 20.8. The maximum atomic E-state index is 12.8. The van der Waals surface area contributed by atoms with E-state index in [-0.39, 0.29) is 17.9 Å². The molecule has 5 nitrogen and oxygen atoms in total. The van der Waals surface area contributed by atoms with Crippen LogP contribution in [-0.4, -0.2) is 47.5 Å². The molecule has 1 aromatic rings. The van der Waals surface area contributed by atoms with Gasteiger partial charge in [-0.2, -0.15) is 0 Å². The molecule has 2 rings (SSSR count). The zero-order valence-electron chi connectivity index (χ0n) is 15.7. The van der Waals surface area contributed by atoms with Crippen molar-refractivity contribution in [1.82, 2.24) is 9.80 Å². The molecule has 0 aliphatic carbocycles. The lowest BCUT2D eigenvalue weighted by Gasteiger charge is -2.35. The molecule has 2 amide bonds. The Morgan fingerprint density at radius 3 is 2.58 bits per heavy atom. The Hall–Kier alpha value is -1.46. The van der Waals surface area contributed by atoms with Gasteiger partial charge in [-0.3, -0.25) is 4.79 Å². The molecule has 0 radical (unpaired) electrons. The molecule has 1 atom stereocenters. The fourth-order valence-electron chi connectivity index (χ4n) is 2.97. The SMILES string of the molecule is CN(Cc1ccc(Cl)c(Cl)c1)C(=O)[C@@H]1CCCN(C(=O)OC(C)(C)C)C1. The first-order valence-electron chi connectivity index (χ1n) is 8.73. The van der Waals surface area contributed by atoms with Gasteiger partial charge in [-0.1, -0.05) is 29.3 Å². The number of likely N-dealkylation sites (tertiary alicyclic amines) is 1. The highest BCUT2D eigenvalue weighted by Gasteiger charge is 2.32. The third-order valence-corrected chi connectivity index (χ3v) is 4.94. The molecule has 0 saturated carbocycles. The van der Waals surface area contributed by atoms with Crippen LogP contribution in [0.5, 0.6) is 0 Å². The molecule has 1 heterocycles. The van der Waals surface area contributed by atoms with Gasteiger partial charge in [-0.05, 0) is 51.3 Å². The van der Waals surface area contributed by atoms with Gasteiger partial charge in [0.05, 0.1) is 16.0 Å². The second kappa shape index (κ2) is 8.49. The summed E-state index contributed by atoms with van der Waals surface area (Å²) in [6, 6.07) is 5.34. The van der Waals surface area contributed by atoms with E-state index in [1.54, 1.807) is 29.0 Å². The van der Waals surface area contributed by atoms with Crippen molar-refractivity contribution in [1.29, 1.82) is 0 Å². The van der Waals surface area contributed by atoms with Crippen molar-refractivity contribution in [2.75, 3.05) is 20.1 Å². The van der Waals surface area contributed by atoms with Crippen LogP contribution >= 0.6 is 23.2 Å². The minimum atomic E-state index is -0.543. The number of carbonyl (C=O) groups is 2. The van der Waals surface area contributed by atoms with Crippen LogP contribution in [0.1, 0.15) is 39.2 Å². The molecule has 1 saturated heterocycles. The molecular weight excluding hydrogens is 375 g/mol. The molecule has 0 bridgehead atoms. The Morgan fingerprint density at radius 2 is 1.96 bits per heavy atom. The predicted molar refractivity (Wildman–Crippen MR) is 103 cm³/mol. The summed E-state index contributed by atoms with van der Waals surface area (Å²) in [4.78, 5) is 28.4. The normalized spacial score (nSPS) is 17.8. The van der Waals surface area contributed by atoms with Crippen molar-refractivity contribution in [3.05, 3.63) is 33.8 Å². The third kappa shape index (κ3) is 5.78. The molecule has 0 unspecified atom stereocenters. The Bertz CT molecular complexity index is 673. The van der Waals surface area contributed by atoms with E-state index < -0.39 is 5.60 Å². The highest BCUT2D eigenvalue weighted by Crippen LogP contribution is 2.25. The fraction of sp³-hybridized carbons (Fsp3) is 0.579. The van der Waals surface area contributed by atoms with Crippen molar-refractivity contribution >= 4 is 35.2 Å². The molecule has 0 N–H and O–H groups in total. The van der Waals surface area contributed by atoms with Gasteiger partial charge in [0.15, 0.2) is 0 Å². The standard InChI is InChI=1S/C19H26Cl2N2O3/c1-19(2,3)26-18(25)23-9-5-6-14(12-23)17(24)22(4)11-13-7-8-15(20)16(21)10-13/h7-8,10,14H,5-6,9,11-12H2,1-4H3/t14-/m1/s1. The van der Waals surface area contributed by atoms with Crippen LogP contribution in [0, 0.1) is 5.92 Å². The lowest BCUT2D eigenvalue weighted by atomic mass is 9.96. The van der Waals surface area contributed by atoms with E-state index in [1.165, 1.54) is 0 Å². The fourth-order valence-corrected chi connectivity index (χ4v) is 3.29. The molecule has 0 aromatic heterocycles. The van der Waals surface area contributed by atoms with Crippen molar-refractivity contribution in [3.63, 3.8) is 0 Å². The summed E-state index contributed by atoms with van der Waals surface area (Å²) in [6.45, 7) is 6.96. The van der Waals surface area contributed by atoms with Crippen LogP contribution < -0.4 is 0 Å². The van der Waals surface area contributed by atoms with E-state index >= 15 is 0 Å². The van der Waals surface area contributed by atoms with Crippen molar-refractivity contribution in [2.24, 2.45) is 5.92 Å². The summed E-state index contributed by atoms with van der Waals surface area (Å²) in [7, 11) is 1.76. The third-order valence-electron chi connectivity index (χ3n) is 4.20. The summed E-state index contributed by atoms with van der Waals surface area (Å²) in [5, 5.41) is 0.962. The number of halogens is 2. The van der Waals surface area contributed by atoms with E-state index in [9.17, 15) is 9.59 Å². The van der Waals surface area contributed by atoms with E-state index in [1.807, 2.05) is 26.8 Å². The van der Waals surface area contributed by atoms with Gasteiger partial charge in [0, 0.05) is 26.7 Å². The average molecular weight is 401 g/mol. The van der Waals surface area contributed by atoms with Gasteiger partial charge in [0.2, 0.25) is 5.91 Å². The van der Waals surface area contributed by atoms with Crippen LogP contribution in [0.2, 0.25) is 10.0 Å². The molecule has 144 valence electrons. The topological polar surface area (TPSA) is 49.9 Å². The Labute approximate surface area is 165 Å². The molecule has 1 aliphatic rings. The van der Waals surface area contributed by atoms with Gasteiger partial charge in [0.1, 0.15) is 5.60 Å². The number of amides is 2. The van der Waals surface area contributed by atoms with Crippen LogP contribution in [0.4, 0.5) is 4.79 Å². The van der Waals surface area contributed by atoms with Gasteiger partial charge < -0.3 is 14.5 Å². The minimum Gasteiger partial charge on any atom is -0.444 e. The van der Waals surface area contributed by atoms with Crippen LogP contribution in [0.25, 0.3) is 0 Å². The van der Waals surface area contributed by atoms with Crippen molar-refractivity contribution in [3.8, 4) is 0 Å². The lowest BCUT2D eigenvalue weighted by Crippen LogP contribution is -2.47. The summed E-state index contributed by atoms with van der Waals surface area (Å²) >= 11 is 12.0.